The number of amides is 2. The number of benzene rings is 2. The number of fused-ring (bicyclic) bond motifs is 1. The van der Waals surface area contributed by atoms with Gasteiger partial charge in [0.05, 0.1) is 23.9 Å². The summed E-state index contributed by atoms with van der Waals surface area (Å²) in [7, 11) is 1.28. The number of hydrogen-bond donors (Lipinski definition) is 2. The Morgan fingerprint density at radius 2 is 1.53 bits per heavy atom. The Morgan fingerprint density at radius 3 is 2.21 bits per heavy atom. The number of methoxy groups -OCH3 is 1. The Kier molecular flexibility index (Phi) is 8.32. The lowest BCUT2D eigenvalue weighted by Crippen LogP contribution is -2.33. The number of thiophene rings is 1. The van der Waals surface area contributed by atoms with Gasteiger partial charge in [0.15, 0.2) is 0 Å². The number of ether oxygens (including phenoxy) is 2. The fourth-order valence-electron chi connectivity index (χ4n) is 4.00. The van der Waals surface area contributed by atoms with Gasteiger partial charge < -0.3 is 14.8 Å². The Bertz CT molecular complexity index is 1410. The number of anilines is 1. The van der Waals surface area contributed by atoms with Crippen molar-refractivity contribution in [2.75, 3.05) is 12.4 Å². The highest BCUT2D eigenvalue weighted by Crippen LogP contribution is 2.38. The molecule has 2 aromatic carbocycles. The molecule has 0 atom stereocenters. The van der Waals surface area contributed by atoms with Crippen LogP contribution in [0.15, 0.2) is 53.6 Å². The van der Waals surface area contributed by atoms with Crippen molar-refractivity contribution in [2.24, 2.45) is 5.10 Å². The van der Waals surface area contributed by atoms with E-state index in [9.17, 15) is 19.2 Å². The van der Waals surface area contributed by atoms with Crippen LogP contribution in [0, 0.1) is 6.92 Å². The van der Waals surface area contributed by atoms with E-state index in [1.54, 1.807) is 43.3 Å². The number of hydrazone groups is 1. The number of carbonyl (C=O) groups is 4. The highest BCUT2D eigenvalue weighted by atomic mass is 32.1. The van der Waals surface area contributed by atoms with Gasteiger partial charge in [0.1, 0.15) is 10.8 Å². The summed E-state index contributed by atoms with van der Waals surface area (Å²) in [5.74, 6) is -2.57. The molecule has 2 N–H and O–H groups in total. The molecule has 9 nitrogen and oxygen atoms in total. The Morgan fingerprint density at radius 1 is 0.868 bits per heavy atom. The largest absolute Gasteiger partial charge is 0.465 e. The number of nitrogens with one attached hydrogen (secondary N) is 2. The average molecular weight is 534 g/mol. The number of esters is 2. The maximum Gasteiger partial charge on any atom is 0.343 e. The molecule has 0 bridgehead atoms. The first-order valence-corrected chi connectivity index (χ1v) is 12.9. The third-order valence-corrected chi connectivity index (χ3v) is 7.30. The first-order chi connectivity index (χ1) is 18.3. The van der Waals surface area contributed by atoms with E-state index in [1.165, 1.54) is 18.4 Å². The Hall–Kier alpha value is -4.31. The van der Waals surface area contributed by atoms with E-state index >= 15 is 0 Å². The summed E-state index contributed by atoms with van der Waals surface area (Å²) in [5, 5.41) is 6.85. The SMILES string of the molecule is COC(=O)c1c(NC(=O)C(=O)N/N=C(\C)c2ccc(OC(=O)c3ccc(C)cc3)cc2)sc2c1CCCC2. The van der Waals surface area contributed by atoms with Crippen molar-refractivity contribution < 1.29 is 28.7 Å². The van der Waals surface area contributed by atoms with E-state index in [2.05, 4.69) is 15.8 Å². The normalized spacial score (nSPS) is 12.8. The van der Waals surface area contributed by atoms with Gasteiger partial charge in [-0.15, -0.1) is 11.3 Å². The van der Waals surface area contributed by atoms with Crippen molar-refractivity contribution in [3.8, 4) is 5.75 Å². The van der Waals surface area contributed by atoms with E-state index in [-0.39, 0.29) is 0 Å². The summed E-state index contributed by atoms with van der Waals surface area (Å²) in [5.41, 5.74) is 6.01. The second-order valence-electron chi connectivity index (χ2n) is 8.78. The zero-order valence-electron chi connectivity index (χ0n) is 21.3. The Balaban J connectivity index is 1.37. The molecular formula is C28H27N3O6S. The van der Waals surface area contributed by atoms with Gasteiger partial charge in [0.2, 0.25) is 0 Å². The van der Waals surface area contributed by atoms with Crippen LogP contribution in [0.3, 0.4) is 0 Å². The molecule has 10 heteroatoms. The van der Waals surface area contributed by atoms with Gasteiger partial charge in [-0.3, -0.25) is 9.59 Å². The molecule has 0 fully saturated rings. The minimum absolute atomic E-state index is 0.306. The number of hydrogen-bond acceptors (Lipinski definition) is 8. The van der Waals surface area contributed by atoms with E-state index in [0.717, 1.165) is 41.7 Å². The van der Waals surface area contributed by atoms with Gasteiger partial charge >= 0.3 is 23.8 Å². The zero-order chi connectivity index (χ0) is 27.2. The quantitative estimate of drug-likeness (QED) is 0.159. The van der Waals surface area contributed by atoms with Crippen molar-refractivity contribution in [3.05, 3.63) is 81.2 Å². The van der Waals surface area contributed by atoms with Crippen LogP contribution in [0.5, 0.6) is 5.75 Å². The monoisotopic (exact) mass is 533 g/mol. The van der Waals surface area contributed by atoms with Crippen LogP contribution in [0.1, 0.15) is 62.0 Å². The van der Waals surface area contributed by atoms with Crippen LogP contribution in [0.2, 0.25) is 0 Å². The van der Waals surface area contributed by atoms with Crippen LogP contribution in [0.25, 0.3) is 0 Å². The fraction of sp³-hybridized carbons (Fsp3) is 0.250. The molecule has 1 aliphatic rings. The van der Waals surface area contributed by atoms with Crippen molar-refractivity contribution in [3.63, 3.8) is 0 Å². The summed E-state index contributed by atoms with van der Waals surface area (Å²) in [6.45, 7) is 3.59. The molecule has 0 unspecified atom stereocenters. The van der Waals surface area contributed by atoms with Gasteiger partial charge in [0, 0.05) is 4.88 Å². The van der Waals surface area contributed by atoms with Gasteiger partial charge in [0.25, 0.3) is 0 Å². The molecule has 1 aliphatic carbocycles. The number of aryl methyl sites for hydroxylation is 2. The number of nitrogens with zero attached hydrogens (tertiary/aromatic N) is 1. The van der Waals surface area contributed by atoms with Crippen molar-refractivity contribution in [2.45, 2.75) is 39.5 Å². The first-order valence-electron chi connectivity index (χ1n) is 12.0. The minimum atomic E-state index is -0.977. The van der Waals surface area contributed by atoms with E-state index in [0.29, 0.717) is 33.2 Å². The molecule has 1 aromatic heterocycles. The highest BCUT2D eigenvalue weighted by Gasteiger charge is 2.28. The molecule has 3 aromatic rings. The third-order valence-electron chi connectivity index (χ3n) is 6.09. The maximum absolute atomic E-state index is 12.5. The fourth-order valence-corrected chi connectivity index (χ4v) is 5.27. The van der Waals surface area contributed by atoms with Crippen LogP contribution >= 0.6 is 11.3 Å². The van der Waals surface area contributed by atoms with Crippen LogP contribution in [0.4, 0.5) is 5.00 Å². The molecule has 0 aliphatic heterocycles. The van der Waals surface area contributed by atoms with Crippen molar-refractivity contribution >= 4 is 45.8 Å². The molecule has 38 heavy (non-hydrogen) atoms. The van der Waals surface area contributed by atoms with Gasteiger partial charge in [-0.25, -0.2) is 15.0 Å². The van der Waals surface area contributed by atoms with Gasteiger partial charge in [-0.05, 0) is 87.1 Å². The summed E-state index contributed by atoms with van der Waals surface area (Å²) in [6.07, 6.45) is 3.50. The third kappa shape index (κ3) is 6.15. The predicted octanol–water partition coefficient (Wildman–Crippen LogP) is 4.42. The van der Waals surface area contributed by atoms with Crippen LogP contribution in [-0.4, -0.2) is 36.6 Å². The standard InChI is InChI=1S/C28H27N3O6S/c1-16-8-10-19(11-9-16)27(34)37-20-14-12-18(13-15-20)17(2)30-31-25(33)24(32)29-26-23(28(35)36-3)21-6-4-5-7-22(21)38-26/h8-15H,4-7H2,1-3H3,(H,29,32)(H,31,33)/b30-17+. The molecular weight excluding hydrogens is 506 g/mol. The minimum Gasteiger partial charge on any atom is -0.465 e. The lowest BCUT2D eigenvalue weighted by atomic mass is 9.95. The molecule has 1 heterocycles. The average Bonchev–Trinajstić information content (AvgIpc) is 3.29. The lowest BCUT2D eigenvalue weighted by Gasteiger charge is -2.11. The van der Waals surface area contributed by atoms with Crippen molar-refractivity contribution in [1.82, 2.24) is 5.43 Å². The molecule has 0 saturated carbocycles. The summed E-state index contributed by atoms with van der Waals surface area (Å²) in [4.78, 5) is 50.6. The zero-order valence-corrected chi connectivity index (χ0v) is 22.1. The number of rotatable bonds is 6. The van der Waals surface area contributed by atoms with E-state index < -0.39 is 23.8 Å². The van der Waals surface area contributed by atoms with Crippen molar-refractivity contribution in [1.29, 1.82) is 0 Å². The first kappa shape index (κ1) is 26.7. The van der Waals surface area contributed by atoms with Gasteiger partial charge in [-0.1, -0.05) is 17.7 Å². The maximum atomic E-state index is 12.5. The molecule has 2 amide bonds. The summed E-state index contributed by atoms with van der Waals surface area (Å²) in [6, 6.07) is 13.7. The molecule has 196 valence electrons. The van der Waals surface area contributed by atoms with Crippen LogP contribution in [-0.2, 0) is 27.2 Å². The summed E-state index contributed by atoms with van der Waals surface area (Å²) < 4.78 is 10.3. The van der Waals surface area contributed by atoms with Gasteiger partial charge in [-0.2, -0.15) is 5.10 Å². The van der Waals surface area contributed by atoms with Crippen LogP contribution < -0.4 is 15.5 Å². The lowest BCUT2D eigenvalue weighted by molar-refractivity contribution is -0.136. The molecule has 0 saturated heterocycles. The Labute approximate surface area is 223 Å². The second-order valence-corrected chi connectivity index (χ2v) is 9.88. The molecule has 0 radical (unpaired) electrons. The highest BCUT2D eigenvalue weighted by molar-refractivity contribution is 7.17. The smallest absolute Gasteiger partial charge is 0.343 e. The topological polar surface area (TPSA) is 123 Å². The molecule has 0 spiro atoms. The number of carbonyl (C=O) groups excluding carboxylic acids is 4. The van der Waals surface area contributed by atoms with E-state index in [1.807, 2.05) is 19.1 Å². The predicted molar refractivity (Wildman–Crippen MR) is 144 cm³/mol. The molecule has 4 rings (SSSR count). The second kappa shape index (κ2) is 11.8. The summed E-state index contributed by atoms with van der Waals surface area (Å²) >= 11 is 1.29. The van der Waals surface area contributed by atoms with E-state index in [4.69, 9.17) is 9.47 Å².